The molecule has 192 valence electrons. The van der Waals surface area contributed by atoms with E-state index in [4.69, 9.17) is 4.74 Å². The summed E-state index contributed by atoms with van der Waals surface area (Å²) in [5.41, 5.74) is 4.95. The summed E-state index contributed by atoms with van der Waals surface area (Å²) < 4.78 is 9.74. The number of piperidine rings is 1. The number of fused-ring (bicyclic) bond motifs is 5. The van der Waals surface area contributed by atoms with E-state index >= 15 is 0 Å². The number of amides is 1. The molecule has 1 amide bonds. The van der Waals surface area contributed by atoms with Crippen molar-refractivity contribution in [2.24, 2.45) is 0 Å². The highest BCUT2D eigenvalue weighted by Crippen LogP contribution is 2.44. The van der Waals surface area contributed by atoms with Gasteiger partial charge in [-0.05, 0) is 54.6 Å². The number of halogens is 1. The quantitative estimate of drug-likeness (QED) is 0.323. The van der Waals surface area contributed by atoms with E-state index in [1.165, 1.54) is 5.69 Å². The Labute approximate surface area is 227 Å². The second-order valence-corrected chi connectivity index (χ2v) is 9.79. The molecule has 38 heavy (non-hydrogen) atoms. The molecule has 5 aromatic rings. The molecule has 4 heterocycles. The van der Waals surface area contributed by atoms with E-state index in [9.17, 15) is 4.79 Å². The lowest BCUT2D eigenvalue weighted by molar-refractivity contribution is 0.0678. The number of imidazole rings is 1. The molecule has 1 N–H and O–H groups in total. The van der Waals surface area contributed by atoms with Gasteiger partial charge < -0.3 is 24.1 Å². The van der Waals surface area contributed by atoms with E-state index in [-0.39, 0.29) is 23.9 Å². The number of nitrogens with zero attached hydrogens (tertiary/aromatic N) is 4. The van der Waals surface area contributed by atoms with Gasteiger partial charge in [-0.1, -0.05) is 24.3 Å². The third-order valence-electron chi connectivity index (χ3n) is 7.89. The molecule has 0 aliphatic carbocycles. The van der Waals surface area contributed by atoms with Crippen LogP contribution in [0.4, 0.5) is 5.69 Å². The molecule has 1 saturated heterocycles. The minimum absolute atomic E-state index is 0. The highest BCUT2D eigenvalue weighted by molar-refractivity contribution is 6.09. The molecule has 0 radical (unpaired) electrons. The zero-order valence-corrected chi connectivity index (χ0v) is 21.8. The number of carbonyl (C=O) groups is 1. The molecule has 0 atom stereocenters. The number of anilines is 1. The van der Waals surface area contributed by atoms with Crippen LogP contribution in [0, 0.1) is 0 Å². The van der Waals surface area contributed by atoms with Crippen LogP contribution in [0.2, 0.25) is 0 Å². The van der Waals surface area contributed by atoms with Crippen LogP contribution >= 0.6 is 12.4 Å². The van der Waals surface area contributed by atoms with Gasteiger partial charge in [-0.3, -0.25) is 4.79 Å². The molecule has 2 aromatic heterocycles. The second-order valence-electron chi connectivity index (χ2n) is 9.79. The highest BCUT2D eigenvalue weighted by Gasteiger charge is 2.42. The normalized spacial score (nSPS) is 15.3. The molecule has 0 unspecified atom stereocenters. The molecule has 1 fully saturated rings. The van der Waals surface area contributed by atoms with E-state index in [1.54, 1.807) is 19.6 Å². The van der Waals surface area contributed by atoms with Gasteiger partial charge in [0.15, 0.2) is 0 Å². The zero-order valence-electron chi connectivity index (χ0n) is 21.0. The Kier molecular flexibility index (Phi) is 5.88. The molecule has 8 heteroatoms. The lowest BCUT2D eigenvalue weighted by atomic mass is 9.82. The van der Waals surface area contributed by atoms with Gasteiger partial charge in [0.25, 0.3) is 5.91 Å². The van der Waals surface area contributed by atoms with Crippen molar-refractivity contribution in [1.29, 1.82) is 0 Å². The predicted octanol–water partition coefficient (Wildman–Crippen LogP) is 5.80. The number of carbonyl (C=O) groups excluding carboxylic acids is 1. The number of hydrogen-bond acceptors (Lipinski definition) is 4. The Bertz CT molecular complexity index is 1630. The average molecular weight is 526 g/mol. The summed E-state index contributed by atoms with van der Waals surface area (Å²) in [6, 6.07) is 22.5. The first-order valence-corrected chi connectivity index (χ1v) is 12.6. The van der Waals surface area contributed by atoms with Gasteiger partial charge in [-0.15, -0.1) is 12.4 Å². The summed E-state index contributed by atoms with van der Waals surface area (Å²) in [7, 11) is 1.69. The monoisotopic (exact) mass is 525 g/mol. The number of likely N-dealkylation sites (tertiary alicyclic amines) is 1. The molecule has 0 bridgehead atoms. The first kappa shape index (κ1) is 24.1. The average Bonchev–Trinajstić information content (AvgIpc) is 3.66. The number of ether oxygens (including phenoxy) is 1. The maximum atomic E-state index is 13.8. The molecule has 2 aliphatic rings. The van der Waals surface area contributed by atoms with Crippen molar-refractivity contribution in [3.63, 3.8) is 0 Å². The van der Waals surface area contributed by atoms with Crippen molar-refractivity contribution in [3.8, 4) is 17.1 Å². The first-order valence-electron chi connectivity index (χ1n) is 12.6. The molecule has 2 aliphatic heterocycles. The van der Waals surface area contributed by atoms with Crippen LogP contribution in [0.25, 0.3) is 22.1 Å². The molecule has 7 rings (SSSR count). The summed E-state index contributed by atoms with van der Waals surface area (Å²) >= 11 is 0. The maximum Gasteiger partial charge on any atom is 0.254 e. The van der Waals surface area contributed by atoms with Gasteiger partial charge in [-0.2, -0.15) is 0 Å². The number of benzene rings is 3. The van der Waals surface area contributed by atoms with Gasteiger partial charge >= 0.3 is 0 Å². The fourth-order valence-corrected chi connectivity index (χ4v) is 5.99. The van der Waals surface area contributed by atoms with Crippen molar-refractivity contribution in [2.45, 2.75) is 18.4 Å². The van der Waals surface area contributed by atoms with Crippen LogP contribution in [-0.4, -0.2) is 45.1 Å². The Morgan fingerprint density at radius 2 is 1.74 bits per heavy atom. The zero-order chi connectivity index (χ0) is 25.0. The lowest BCUT2D eigenvalue weighted by Gasteiger charge is -2.46. The first-order chi connectivity index (χ1) is 18.2. The third kappa shape index (κ3) is 3.65. The van der Waals surface area contributed by atoms with Crippen molar-refractivity contribution in [1.82, 2.24) is 19.0 Å². The van der Waals surface area contributed by atoms with Crippen LogP contribution in [0.1, 0.15) is 28.9 Å². The lowest BCUT2D eigenvalue weighted by Crippen LogP contribution is -2.51. The highest BCUT2D eigenvalue weighted by atomic mass is 35.5. The number of methoxy groups -OCH3 is 1. The molecular formula is C30H28ClN5O2. The van der Waals surface area contributed by atoms with Gasteiger partial charge in [0.05, 0.1) is 36.0 Å². The molecular weight excluding hydrogens is 498 g/mol. The van der Waals surface area contributed by atoms with Crippen LogP contribution in [0.15, 0.2) is 91.6 Å². The summed E-state index contributed by atoms with van der Waals surface area (Å²) in [4.78, 5) is 20.0. The standard InChI is InChI=1S/C30H27N5O2.ClH/c1-37-21-8-10-27-25(19-21)32-30(28-7-4-15-35(27)28)12-16-33(17-13-30)29(36)24-9-11-26(34-18-14-31-20-34)23-6-3-2-5-22(23)24;/h2-11,14-15,18-20,32H,12-13,16-17H2,1H3;1H. The minimum atomic E-state index is -0.229. The Balaban J connectivity index is 0.00000264. The number of rotatable bonds is 3. The van der Waals surface area contributed by atoms with Gasteiger partial charge in [-0.25, -0.2) is 4.98 Å². The van der Waals surface area contributed by atoms with Crippen LogP contribution in [-0.2, 0) is 5.54 Å². The van der Waals surface area contributed by atoms with Crippen molar-refractivity contribution in [3.05, 3.63) is 103 Å². The Hall–Kier alpha value is -4.23. The smallest absolute Gasteiger partial charge is 0.254 e. The summed E-state index contributed by atoms with van der Waals surface area (Å²) in [5, 5.41) is 5.84. The second kappa shape index (κ2) is 9.26. The fraction of sp³-hybridized carbons (Fsp3) is 0.200. The van der Waals surface area contributed by atoms with Crippen molar-refractivity contribution in [2.75, 3.05) is 25.5 Å². The summed E-state index contributed by atoms with van der Waals surface area (Å²) in [6.07, 6.45) is 9.24. The predicted molar refractivity (Wildman–Crippen MR) is 151 cm³/mol. The van der Waals surface area contributed by atoms with Crippen LogP contribution < -0.4 is 10.1 Å². The van der Waals surface area contributed by atoms with Gasteiger partial charge in [0, 0.05) is 54.4 Å². The molecule has 7 nitrogen and oxygen atoms in total. The fourth-order valence-electron chi connectivity index (χ4n) is 5.99. The topological polar surface area (TPSA) is 64.3 Å². The van der Waals surface area contributed by atoms with Gasteiger partial charge in [0.1, 0.15) is 5.75 Å². The number of hydrogen-bond donors (Lipinski definition) is 1. The Morgan fingerprint density at radius 1 is 0.947 bits per heavy atom. The largest absolute Gasteiger partial charge is 0.497 e. The van der Waals surface area contributed by atoms with E-state index < -0.39 is 0 Å². The molecule has 1 spiro atoms. The molecule has 0 saturated carbocycles. The minimum Gasteiger partial charge on any atom is -0.497 e. The van der Waals surface area contributed by atoms with Gasteiger partial charge in [0.2, 0.25) is 0 Å². The van der Waals surface area contributed by atoms with Crippen LogP contribution in [0.3, 0.4) is 0 Å². The van der Waals surface area contributed by atoms with Crippen molar-refractivity contribution < 1.29 is 9.53 Å². The summed E-state index contributed by atoms with van der Waals surface area (Å²) in [6.45, 7) is 1.35. The number of nitrogens with one attached hydrogen (secondary N) is 1. The van der Waals surface area contributed by atoms with E-state index in [1.807, 2.05) is 52.1 Å². The Morgan fingerprint density at radius 3 is 2.50 bits per heavy atom. The van der Waals surface area contributed by atoms with Crippen molar-refractivity contribution >= 4 is 34.8 Å². The molecule has 3 aromatic carbocycles. The maximum absolute atomic E-state index is 13.8. The van der Waals surface area contributed by atoms with E-state index in [2.05, 4.69) is 51.4 Å². The van der Waals surface area contributed by atoms with E-state index in [0.717, 1.165) is 52.0 Å². The number of aromatic nitrogens is 3. The van der Waals surface area contributed by atoms with E-state index in [0.29, 0.717) is 13.1 Å². The van der Waals surface area contributed by atoms with Crippen LogP contribution in [0.5, 0.6) is 5.75 Å². The SMILES string of the molecule is COc1ccc2c(c1)NC1(CCN(C(=O)c3ccc(-n4ccnc4)c4ccccc34)CC1)c1cccn1-2.Cl. The summed E-state index contributed by atoms with van der Waals surface area (Å²) in [5.74, 6) is 0.909. The third-order valence-corrected chi connectivity index (χ3v) is 7.89.